The van der Waals surface area contributed by atoms with Crippen molar-refractivity contribution in [2.24, 2.45) is 0 Å². The van der Waals surface area contributed by atoms with Crippen LogP contribution in [0.15, 0.2) is 28.2 Å². The normalized spacial score (nSPS) is 20.6. The second-order valence-corrected chi connectivity index (χ2v) is 5.52. The fraction of sp³-hybridized carbons (Fsp3) is 0.462. The molecule has 3 rings (SSSR count). The summed E-state index contributed by atoms with van der Waals surface area (Å²) in [7, 11) is 0. The Labute approximate surface area is 110 Å². The van der Waals surface area contributed by atoms with Crippen molar-refractivity contribution >= 4 is 11.3 Å². The smallest absolute Gasteiger partial charge is 0.236 e. The number of nitrogens with zero attached hydrogens (tertiary/aromatic N) is 2. The van der Waals surface area contributed by atoms with Gasteiger partial charge in [-0.05, 0) is 30.8 Å². The first-order chi connectivity index (χ1) is 8.86. The molecule has 1 saturated heterocycles. The predicted molar refractivity (Wildman–Crippen MR) is 70.3 cm³/mol. The molecule has 2 aromatic heterocycles. The van der Waals surface area contributed by atoms with Crippen molar-refractivity contribution in [2.45, 2.75) is 25.4 Å². The summed E-state index contributed by atoms with van der Waals surface area (Å²) in [5.41, 5.74) is 0.943. The number of rotatable bonds is 4. The number of aliphatic hydroxyl groups is 1. The molecule has 18 heavy (non-hydrogen) atoms. The van der Waals surface area contributed by atoms with Gasteiger partial charge < -0.3 is 9.52 Å². The van der Waals surface area contributed by atoms with E-state index in [-0.39, 0.29) is 12.6 Å². The van der Waals surface area contributed by atoms with E-state index in [1.165, 1.54) is 0 Å². The fourth-order valence-corrected chi connectivity index (χ4v) is 3.07. The standard InChI is InChI=1S/C13H16N2O2S/c16-8-11-3-1-5-15(11)7-10-9-17-13(14-10)12-4-2-6-18-12/h2,4,6,9,11,16H,1,3,5,7-8H2/t11-/m0/s1. The molecular weight excluding hydrogens is 248 g/mol. The lowest BCUT2D eigenvalue weighted by atomic mass is 10.2. The van der Waals surface area contributed by atoms with Gasteiger partial charge in [0.2, 0.25) is 5.89 Å². The molecule has 0 bridgehead atoms. The number of aliphatic hydroxyl groups excluding tert-OH is 1. The number of oxazole rings is 1. The fourth-order valence-electron chi connectivity index (χ4n) is 2.41. The van der Waals surface area contributed by atoms with Gasteiger partial charge in [-0.25, -0.2) is 4.98 Å². The van der Waals surface area contributed by atoms with Crippen LogP contribution < -0.4 is 0 Å². The van der Waals surface area contributed by atoms with Gasteiger partial charge in [0.05, 0.1) is 17.2 Å². The van der Waals surface area contributed by atoms with Crippen LogP contribution in [0, 0.1) is 0 Å². The zero-order valence-electron chi connectivity index (χ0n) is 10.1. The van der Waals surface area contributed by atoms with Crippen LogP contribution in [-0.2, 0) is 6.54 Å². The third-order valence-corrected chi connectivity index (χ3v) is 4.22. The molecule has 0 saturated carbocycles. The summed E-state index contributed by atoms with van der Waals surface area (Å²) in [5.74, 6) is 0.694. The van der Waals surface area contributed by atoms with Gasteiger partial charge in [-0.2, -0.15) is 0 Å². The lowest BCUT2D eigenvalue weighted by Gasteiger charge is -2.20. The molecule has 1 N–H and O–H groups in total. The SMILES string of the molecule is OC[C@@H]1CCCN1Cc1coc(-c2cccs2)n1. The highest BCUT2D eigenvalue weighted by molar-refractivity contribution is 7.13. The monoisotopic (exact) mass is 264 g/mol. The molecule has 3 heterocycles. The van der Waals surface area contributed by atoms with Crippen LogP contribution in [0.2, 0.25) is 0 Å². The van der Waals surface area contributed by atoms with Crippen molar-refractivity contribution in [1.29, 1.82) is 0 Å². The van der Waals surface area contributed by atoms with Crippen LogP contribution >= 0.6 is 11.3 Å². The van der Waals surface area contributed by atoms with Crippen LogP contribution in [0.5, 0.6) is 0 Å². The van der Waals surface area contributed by atoms with Gasteiger partial charge >= 0.3 is 0 Å². The van der Waals surface area contributed by atoms with E-state index in [1.807, 2.05) is 17.5 Å². The van der Waals surface area contributed by atoms with Gasteiger partial charge in [-0.15, -0.1) is 11.3 Å². The van der Waals surface area contributed by atoms with Crippen LogP contribution in [-0.4, -0.2) is 34.2 Å². The van der Waals surface area contributed by atoms with Crippen molar-refractivity contribution in [3.8, 4) is 10.8 Å². The average Bonchev–Trinajstić information content (AvgIpc) is 3.10. The van der Waals surface area contributed by atoms with Crippen LogP contribution in [0.25, 0.3) is 10.8 Å². The minimum absolute atomic E-state index is 0.232. The maximum Gasteiger partial charge on any atom is 0.236 e. The Morgan fingerprint density at radius 2 is 2.50 bits per heavy atom. The lowest BCUT2D eigenvalue weighted by Crippen LogP contribution is -2.31. The Morgan fingerprint density at radius 1 is 1.56 bits per heavy atom. The zero-order chi connectivity index (χ0) is 12.4. The number of aromatic nitrogens is 1. The molecule has 0 aromatic carbocycles. The molecule has 2 aromatic rings. The minimum Gasteiger partial charge on any atom is -0.444 e. The first-order valence-electron chi connectivity index (χ1n) is 6.20. The minimum atomic E-state index is 0.232. The van der Waals surface area contributed by atoms with Gasteiger partial charge in [-0.3, -0.25) is 4.90 Å². The second-order valence-electron chi connectivity index (χ2n) is 4.57. The molecule has 1 fully saturated rings. The largest absolute Gasteiger partial charge is 0.444 e. The van der Waals surface area contributed by atoms with Gasteiger partial charge in [0.15, 0.2) is 0 Å². The molecule has 0 radical (unpaired) electrons. The van der Waals surface area contributed by atoms with E-state index in [9.17, 15) is 5.11 Å². The molecular formula is C13H16N2O2S. The average molecular weight is 264 g/mol. The number of hydrogen-bond donors (Lipinski definition) is 1. The quantitative estimate of drug-likeness (QED) is 0.921. The van der Waals surface area contributed by atoms with Crippen molar-refractivity contribution in [3.63, 3.8) is 0 Å². The first kappa shape index (κ1) is 11.9. The highest BCUT2D eigenvalue weighted by Gasteiger charge is 2.24. The van der Waals surface area contributed by atoms with Gasteiger partial charge in [-0.1, -0.05) is 6.07 Å². The van der Waals surface area contributed by atoms with Crippen molar-refractivity contribution in [2.75, 3.05) is 13.2 Å². The van der Waals surface area contributed by atoms with Gasteiger partial charge in [0, 0.05) is 12.6 Å². The summed E-state index contributed by atoms with van der Waals surface area (Å²) < 4.78 is 5.50. The Morgan fingerprint density at radius 3 is 3.28 bits per heavy atom. The Bertz CT molecular complexity index is 495. The Balaban J connectivity index is 1.70. The molecule has 1 atom stereocenters. The zero-order valence-corrected chi connectivity index (χ0v) is 10.9. The predicted octanol–water partition coefficient (Wildman–Crippen LogP) is 2.36. The molecule has 0 aliphatic carbocycles. The third kappa shape index (κ3) is 2.34. The van der Waals surface area contributed by atoms with E-state index in [1.54, 1.807) is 17.6 Å². The maximum atomic E-state index is 9.29. The number of thiophene rings is 1. The van der Waals surface area contributed by atoms with E-state index >= 15 is 0 Å². The lowest BCUT2D eigenvalue weighted by molar-refractivity contribution is 0.152. The molecule has 0 amide bonds. The van der Waals surface area contributed by atoms with E-state index < -0.39 is 0 Å². The van der Waals surface area contributed by atoms with Crippen LogP contribution in [0.3, 0.4) is 0 Å². The van der Waals surface area contributed by atoms with E-state index in [0.29, 0.717) is 5.89 Å². The Kier molecular flexibility index (Phi) is 3.45. The van der Waals surface area contributed by atoms with Crippen molar-refractivity contribution in [3.05, 3.63) is 29.5 Å². The number of hydrogen-bond acceptors (Lipinski definition) is 5. The van der Waals surface area contributed by atoms with E-state index in [2.05, 4.69) is 9.88 Å². The van der Waals surface area contributed by atoms with Crippen LogP contribution in [0.1, 0.15) is 18.5 Å². The summed E-state index contributed by atoms with van der Waals surface area (Å²) in [4.78, 5) is 7.84. The summed E-state index contributed by atoms with van der Waals surface area (Å²) in [5, 5.41) is 11.3. The molecule has 96 valence electrons. The highest BCUT2D eigenvalue weighted by atomic mass is 32.1. The summed E-state index contributed by atoms with van der Waals surface area (Å²) in [6.45, 7) is 2.03. The molecule has 0 spiro atoms. The summed E-state index contributed by atoms with van der Waals surface area (Å²) in [6.07, 6.45) is 3.95. The van der Waals surface area contributed by atoms with E-state index in [4.69, 9.17) is 4.42 Å². The number of likely N-dealkylation sites (tertiary alicyclic amines) is 1. The Hall–Kier alpha value is -1.17. The molecule has 1 aliphatic rings. The summed E-state index contributed by atoms with van der Waals surface area (Å²) >= 11 is 1.63. The van der Waals surface area contributed by atoms with Crippen molar-refractivity contribution in [1.82, 2.24) is 9.88 Å². The third-order valence-electron chi connectivity index (χ3n) is 3.36. The van der Waals surface area contributed by atoms with E-state index in [0.717, 1.165) is 36.5 Å². The molecule has 4 nitrogen and oxygen atoms in total. The maximum absolute atomic E-state index is 9.29. The topological polar surface area (TPSA) is 49.5 Å². The summed E-state index contributed by atoms with van der Waals surface area (Å²) in [6, 6.07) is 4.28. The van der Waals surface area contributed by atoms with Gasteiger partial charge in [0.1, 0.15) is 6.26 Å². The second kappa shape index (κ2) is 5.22. The van der Waals surface area contributed by atoms with Crippen molar-refractivity contribution < 1.29 is 9.52 Å². The highest BCUT2D eigenvalue weighted by Crippen LogP contribution is 2.25. The molecule has 0 unspecified atom stereocenters. The first-order valence-corrected chi connectivity index (χ1v) is 7.08. The van der Waals surface area contributed by atoms with Crippen LogP contribution in [0.4, 0.5) is 0 Å². The molecule has 1 aliphatic heterocycles. The molecule has 5 heteroatoms. The van der Waals surface area contributed by atoms with Gasteiger partial charge in [0.25, 0.3) is 0 Å².